The van der Waals surface area contributed by atoms with Gasteiger partial charge < -0.3 is 4.90 Å². The first kappa shape index (κ1) is 14.3. The van der Waals surface area contributed by atoms with Gasteiger partial charge >= 0.3 is 0 Å². The summed E-state index contributed by atoms with van der Waals surface area (Å²) in [7, 11) is 0. The molecule has 4 nitrogen and oxygen atoms in total. The number of fused-ring (bicyclic) bond motifs is 1. The van der Waals surface area contributed by atoms with E-state index in [9.17, 15) is 4.79 Å². The van der Waals surface area contributed by atoms with Crippen molar-refractivity contribution in [2.45, 2.75) is 13.8 Å². The summed E-state index contributed by atoms with van der Waals surface area (Å²) in [6.07, 6.45) is 0. The van der Waals surface area contributed by atoms with Crippen molar-refractivity contribution in [1.82, 2.24) is 14.7 Å². The van der Waals surface area contributed by atoms with Crippen LogP contribution in [0.25, 0.3) is 16.6 Å². The molecule has 1 amide bonds. The molecule has 22 heavy (non-hydrogen) atoms. The number of hydrogen-bond donors (Lipinski definition) is 0. The van der Waals surface area contributed by atoms with E-state index in [1.165, 1.54) is 0 Å². The van der Waals surface area contributed by atoms with Gasteiger partial charge in [0.1, 0.15) is 5.69 Å². The molecule has 0 saturated carbocycles. The normalized spacial score (nSPS) is 10.8. The van der Waals surface area contributed by atoms with Crippen molar-refractivity contribution in [2.24, 2.45) is 0 Å². The zero-order valence-corrected chi connectivity index (χ0v) is 12.9. The maximum Gasteiger partial charge on any atom is 0.273 e. The molecule has 1 aromatic heterocycles. The Morgan fingerprint density at radius 2 is 1.64 bits per heavy atom. The van der Waals surface area contributed by atoms with E-state index < -0.39 is 0 Å². The Hall–Kier alpha value is -2.62. The molecule has 1 heterocycles. The zero-order valence-electron chi connectivity index (χ0n) is 12.9. The Balaban J connectivity index is 2.24. The molecule has 0 unspecified atom stereocenters. The van der Waals surface area contributed by atoms with Gasteiger partial charge in [-0.25, -0.2) is 4.68 Å². The van der Waals surface area contributed by atoms with Gasteiger partial charge in [-0.2, -0.15) is 5.10 Å². The van der Waals surface area contributed by atoms with Gasteiger partial charge in [0.05, 0.1) is 11.2 Å². The van der Waals surface area contributed by atoms with Gasteiger partial charge in [0.15, 0.2) is 0 Å². The Kier molecular flexibility index (Phi) is 3.92. The average molecular weight is 293 g/mol. The molecule has 0 N–H and O–H groups in total. The molecular weight excluding hydrogens is 274 g/mol. The Morgan fingerprint density at radius 3 is 2.32 bits per heavy atom. The Labute approximate surface area is 130 Å². The second-order valence-electron chi connectivity index (χ2n) is 5.09. The topological polar surface area (TPSA) is 38.1 Å². The van der Waals surface area contributed by atoms with Gasteiger partial charge in [0.25, 0.3) is 5.91 Å². The van der Waals surface area contributed by atoms with Gasteiger partial charge in [-0.3, -0.25) is 4.79 Å². The van der Waals surface area contributed by atoms with Crippen molar-refractivity contribution >= 4 is 16.8 Å². The lowest BCUT2D eigenvalue weighted by atomic mass is 10.2. The van der Waals surface area contributed by atoms with Crippen LogP contribution in [-0.2, 0) is 0 Å². The van der Waals surface area contributed by atoms with Crippen LogP contribution in [0.5, 0.6) is 0 Å². The number of aromatic nitrogens is 2. The van der Waals surface area contributed by atoms with Crippen molar-refractivity contribution < 1.29 is 4.79 Å². The van der Waals surface area contributed by atoms with E-state index in [4.69, 9.17) is 0 Å². The fraction of sp³-hybridized carbons (Fsp3) is 0.222. The highest BCUT2D eigenvalue weighted by atomic mass is 16.2. The van der Waals surface area contributed by atoms with Crippen molar-refractivity contribution in [3.63, 3.8) is 0 Å². The summed E-state index contributed by atoms with van der Waals surface area (Å²) in [5, 5.41) is 5.52. The molecule has 0 bridgehead atoms. The number of benzene rings is 2. The highest BCUT2D eigenvalue weighted by molar-refractivity contribution is 6.05. The molecule has 2 aromatic carbocycles. The standard InChI is InChI=1S/C18H19N3O/c1-3-20(4-2)18(22)17-15-12-8-9-13-16(15)19-21(17)14-10-6-5-7-11-14/h5-13H,3-4H2,1-2H3. The number of carbonyl (C=O) groups is 1. The Bertz CT molecular complexity index is 788. The minimum Gasteiger partial charge on any atom is -0.338 e. The van der Waals surface area contributed by atoms with Crippen LogP contribution in [0, 0.1) is 0 Å². The van der Waals surface area contributed by atoms with Crippen LogP contribution in [0.3, 0.4) is 0 Å². The van der Waals surface area contributed by atoms with Crippen LogP contribution in [0.4, 0.5) is 0 Å². The summed E-state index contributed by atoms with van der Waals surface area (Å²) in [6, 6.07) is 17.6. The second kappa shape index (κ2) is 6.02. The van der Waals surface area contributed by atoms with E-state index in [1.54, 1.807) is 4.68 Å². The Morgan fingerprint density at radius 1 is 1.00 bits per heavy atom. The number of hydrogen-bond acceptors (Lipinski definition) is 2. The minimum atomic E-state index is 0.0163. The second-order valence-corrected chi connectivity index (χ2v) is 5.09. The van der Waals surface area contributed by atoms with E-state index in [1.807, 2.05) is 73.3 Å². The summed E-state index contributed by atoms with van der Waals surface area (Å²) in [6.45, 7) is 5.35. The summed E-state index contributed by atoms with van der Waals surface area (Å²) in [5.41, 5.74) is 2.36. The summed E-state index contributed by atoms with van der Waals surface area (Å²) < 4.78 is 1.76. The average Bonchev–Trinajstić information content (AvgIpc) is 2.96. The minimum absolute atomic E-state index is 0.0163. The molecule has 0 saturated heterocycles. The summed E-state index contributed by atoms with van der Waals surface area (Å²) in [4.78, 5) is 14.8. The third-order valence-electron chi connectivity index (χ3n) is 3.83. The monoisotopic (exact) mass is 293 g/mol. The van der Waals surface area contributed by atoms with Crippen LogP contribution < -0.4 is 0 Å². The largest absolute Gasteiger partial charge is 0.338 e. The summed E-state index contributed by atoms with van der Waals surface area (Å²) in [5.74, 6) is 0.0163. The number of para-hydroxylation sites is 1. The lowest BCUT2D eigenvalue weighted by Crippen LogP contribution is -2.32. The van der Waals surface area contributed by atoms with Crippen molar-refractivity contribution in [2.75, 3.05) is 13.1 Å². The molecule has 0 aliphatic carbocycles. The van der Waals surface area contributed by atoms with Gasteiger partial charge in [-0.15, -0.1) is 0 Å². The van der Waals surface area contributed by atoms with Crippen molar-refractivity contribution in [3.05, 3.63) is 60.3 Å². The zero-order chi connectivity index (χ0) is 15.5. The van der Waals surface area contributed by atoms with E-state index in [0.717, 1.165) is 16.6 Å². The molecule has 4 heteroatoms. The lowest BCUT2D eigenvalue weighted by molar-refractivity contribution is 0.0766. The molecule has 0 fully saturated rings. The van der Waals surface area contributed by atoms with Gasteiger partial charge in [-0.1, -0.05) is 36.4 Å². The van der Waals surface area contributed by atoms with Crippen molar-refractivity contribution in [1.29, 1.82) is 0 Å². The smallest absolute Gasteiger partial charge is 0.273 e. The molecule has 0 aliphatic heterocycles. The quantitative estimate of drug-likeness (QED) is 0.738. The highest BCUT2D eigenvalue weighted by Gasteiger charge is 2.22. The predicted molar refractivity (Wildman–Crippen MR) is 88.3 cm³/mol. The molecule has 112 valence electrons. The fourth-order valence-electron chi connectivity index (χ4n) is 2.66. The van der Waals surface area contributed by atoms with E-state index in [2.05, 4.69) is 5.10 Å². The van der Waals surface area contributed by atoms with E-state index in [0.29, 0.717) is 18.8 Å². The molecular formula is C18H19N3O. The molecule has 0 spiro atoms. The first-order valence-electron chi connectivity index (χ1n) is 7.58. The van der Waals surface area contributed by atoms with Gasteiger partial charge in [0, 0.05) is 18.5 Å². The van der Waals surface area contributed by atoms with Crippen LogP contribution >= 0.6 is 0 Å². The number of rotatable bonds is 4. The SMILES string of the molecule is CCN(CC)C(=O)c1c2ccccc2nn1-c1ccccc1. The van der Waals surface area contributed by atoms with Gasteiger partial charge in [-0.05, 0) is 32.0 Å². The predicted octanol–water partition coefficient (Wildman–Crippen LogP) is 3.51. The fourth-order valence-corrected chi connectivity index (χ4v) is 2.66. The third-order valence-corrected chi connectivity index (χ3v) is 3.83. The number of amides is 1. The van der Waals surface area contributed by atoms with Crippen LogP contribution in [-0.4, -0.2) is 33.7 Å². The van der Waals surface area contributed by atoms with Crippen LogP contribution in [0.2, 0.25) is 0 Å². The first-order valence-corrected chi connectivity index (χ1v) is 7.58. The highest BCUT2D eigenvalue weighted by Crippen LogP contribution is 2.23. The molecule has 0 radical (unpaired) electrons. The number of nitrogens with zero attached hydrogens (tertiary/aromatic N) is 3. The molecule has 3 rings (SSSR count). The van der Waals surface area contributed by atoms with Crippen molar-refractivity contribution in [3.8, 4) is 5.69 Å². The van der Waals surface area contributed by atoms with E-state index >= 15 is 0 Å². The van der Waals surface area contributed by atoms with E-state index in [-0.39, 0.29) is 5.91 Å². The molecule has 0 aliphatic rings. The third kappa shape index (κ3) is 2.37. The first-order chi connectivity index (χ1) is 10.8. The van der Waals surface area contributed by atoms with Crippen LogP contribution in [0.15, 0.2) is 54.6 Å². The van der Waals surface area contributed by atoms with Gasteiger partial charge in [0.2, 0.25) is 0 Å². The lowest BCUT2D eigenvalue weighted by Gasteiger charge is -2.19. The maximum absolute atomic E-state index is 12.9. The molecule has 0 atom stereocenters. The molecule has 3 aromatic rings. The number of carbonyl (C=O) groups excluding carboxylic acids is 1. The van der Waals surface area contributed by atoms with Crippen LogP contribution in [0.1, 0.15) is 24.3 Å². The summed E-state index contributed by atoms with van der Waals surface area (Å²) >= 11 is 0. The maximum atomic E-state index is 12.9.